The number of hydrogen-bond donors (Lipinski definition) is 2. The maximum atomic E-state index is 13.0. The third kappa shape index (κ3) is 2.59. The van der Waals surface area contributed by atoms with Crippen molar-refractivity contribution in [2.45, 2.75) is 12.6 Å². The molecule has 136 valence electrons. The number of nitrogens with one attached hydrogen (secondary N) is 2. The third-order valence-corrected chi connectivity index (χ3v) is 4.67. The molecule has 1 saturated carbocycles. The second kappa shape index (κ2) is 5.76. The minimum absolute atomic E-state index is 0.282. The SMILES string of the molecule is COc1nc2nccn2cc1-c1c[nH]c2nc(NC(=O)C3CC3F)ccc12. The Balaban J connectivity index is 1.54. The molecule has 27 heavy (non-hydrogen) atoms. The average molecular weight is 366 g/mol. The fraction of sp³-hybridized carbons (Fsp3) is 0.222. The molecule has 1 fully saturated rings. The first kappa shape index (κ1) is 15.7. The smallest absolute Gasteiger partial charge is 0.237 e. The zero-order valence-corrected chi connectivity index (χ0v) is 14.3. The van der Waals surface area contributed by atoms with Crippen molar-refractivity contribution < 1.29 is 13.9 Å². The molecule has 0 aromatic carbocycles. The molecule has 0 bridgehead atoms. The Kier molecular flexibility index (Phi) is 3.36. The molecular formula is C18H15FN6O2. The van der Waals surface area contributed by atoms with Gasteiger partial charge in [-0.2, -0.15) is 4.98 Å². The molecule has 1 amide bonds. The monoisotopic (exact) mass is 366 g/mol. The van der Waals surface area contributed by atoms with E-state index in [1.54, 1.807) is 19.4 Å². The zero-order valence-electron chi connectivity index (χ0n) is 14.3. The number of carbonyl (C=O) groups is 1. The highest BCUT2D eigenvalue weighted by Gasteiger charge is 2.43. The second-order valence-electron chi connectivity index (χ2n) is 6.44. The Bertz CT molecular complexity index is 1180. The molecule has 2 atom stereocenters. The van der Waals surface area contributed by atoms with E-state index >= 15 is 0 Å². The van der Waals surface area contributed by atoms with E-state index in [1.807, 2.05) is 29.1 Å². The predicted octanol–water partition coefficient (Wildman–Crippen LogP) is 2.58. The lowest BCUT2D eigenvalue weighted by atomic mass is 10.1. The summed E-state index contributed by atoms with van der Waals surface area (Å²) in [5.41, 5.74) is 2.25. The van der Waals surface area contributed by atoms with Gasteiger partial charge in [-0.05, 0) is 18.6 Å². The molecule has 5 rings (SSSR count). The minimum Gasteiger partial charge on any atom is -0.480 e. The highest BCUT2D eigenvalue weighted by atomic mass is 19.1. The largest absolute Gasteiger partial charge is 0.480 e. The van der Waals surface area contributed by atoms with Crippen LogP contribution in [0.25, 0.3) is 27.9 Å². The summed E-state index contributed by atoms with van der Waals surface area (Å²) in [6, 6.07) is 3.55. The maximum absolute atomic E-state index is 13.0. The molecule has 4 heterocycles. The lowest BCUT2D eigenvalue weighted by molar-refractivity contribution is -0.117. The van der Waals surface area contributed by atoms with Gasteiger partial charge in [0.25, 0.3) is 0 Å². The molecule has 0 saturated heterocycles. The first-order valence-corrected chi connectivity index (χ1v) is 8.45. The van der Waals surface area contributed by atoms with E-state index in [0.717, 1.165) is 16.5 Å². The molecule has 9 heteroatoms. The number of alkyl halides is 1. The molecule has 4 aromatic rings. The van der Waals surface area contributed by atoms with Gasteiger partial charge in [0.2, 0.25) is 17.6 Å². The molecule has 0 radical (unpaired) electrons. The molecule has 1 aliphatic rings. The lowest BCUT2D eigenvalue weighted by Crippen LogP contribution is -2.15. The third-order valence-electron chi connectivity index (χ3n) is 4.67. The Morgan fingerprint density at radius 3 is 3.00 bits per heavy atom. The number of H-pyrrole nitrogens is 1. The van der Waals surface area contributed by atoms with Crippen LogP contribution in [0, 0.1) is 5.92 Å². The lowest BCUT2D eigenvalue weighted by Gasteiger charge is -2.08. The first-order valence-electron chi connectivity index (χ1n) is 8.45. The molecule has 2 N–H and O–H groups in total. The molecule has 8 nitrogen and oxygen atoms in total. The van der Waals surface area contributed by atoms with Crippen molar-refractivity contribution in [1.29, 1.82) is 0 Å². The van der Waals surface area contributed by atoms with Crippen LogP contribution in [0.2, 0.25) is 0 Å². The van der Waals surface area contributed by atoms with Gasteiger partial charge in [-0.1, -0.05) is 0 Å². The van der Waals surface area contributed by atoms with Crippen molar-refractivity contribution in [3.63, 3.8) is 0 Å². The van der Waals surface area contributed by atoms with Crippen LogP contribution in [-0.2, 0) is 4.79 Å². The van der Waals surface area contributed by atoms with Crippen molar-refractivity contribution in [1.82, 2.24) is 24.3 Å². The summed E-state index contributed by atoms with van der Waals surface area (Å²) in [5.74, 6) is 0.492. The number of imidazole rings is 1. The first-order chi connectivity index (χ1) is 13.1. The van der Waals surface area contributed by atoms with Crippen molar-refractivity contribution in [3.05, 3.63) is 36.9 Å². The van der Waals surface area contributed by atoms with Crippen LogP contribution in [-0.4, -0.2) is 43.5 Å². The van der Waals surface area contributed by atoms with E-state index in [2.05, 4.69) is 25.3 Å². The number of fused-ring (bicyclic) bond motifs is 2. The summed E-state index contributed by atoms with van der Waals surface area (Å²) in [7, 11) is 1.56. The number of rotatable bonds is 4. The van der Waals surface area contributed by atoms with Crippen LogP contribution in [0.1, 0.15) is 6.42 Å². The number of methoxy groups -OCH3 is 1. The Morgan fingerprint density at radius 2 is 2.22 bits per heavy atom. The number of carbonyl (C=O) groups excluding carboxylic acids is 1. The normalized spacial score (nSPS) is 18.7. The van der Waals surface area contributed by atoms with Crippen LogP contribution < -0.4 is 10.1 Å². The summed E-state index contributed by atoms with van der Waals surface area (Å²) in [6.45, 7) is 0. The zero-order chi connectivity index (χ0) is 18.5. The van der Waals surface area contributed by atoms with E-state index < -0.39 is 12.1 Å². The summed E-state index contributed by atoms with van der Waals surface area (Å²) >= 11 is 0. The van der Waals surface area contributed by atoms with Gasteiger partial charge in [0, 0.05) is 35.7 Å². The number of nitrogens with zero attached hydrogens (tertiary/aromatic N) is 4. The van der Waals surface area contributed by atoms with Gasteiger partial charge in [0.1, 0.15) is 17.6 Å². The maximum Gasteiger partial charge on any atom is 0.237 e. The van der Waals surface area contributed by atoms with Crippen LogP contribution >= 0.6 is 0 Å². The average Bonchev–Trinajstić information content (AvgIpc) is 3.07. The molecule has 2 unspecified atom stereocenters. The van der Waals surface area contributed by atoms with E-state index in [-0.39, 0.29) is 12.3 Å². The predicted molar refractivity (Wildman–Crippen MR) is 96.3 cm³/mol. The Labute approximate surface area is 152 Å². The number of pyridine rings is 1. The van der Waals surface area contributed by atoms with Crippen molar-refractivity contribution in [3.8, 4) is 17.0 Å². The highest BCUT2D eigenvalue weighted by Crippen LogP contribution is 2.36. The topological polar surface area (TPSA) is 97.2 Å². The van der Waals surface area contributed by atoms with E-state index in [0.29, 0.717) is 23.1 Å². The highest BCUT2D eigenvalue weighted by molar-refractivity contribution is 5.98. The van der Waals surface area contributed by atoms with Gasteiger partial charge in [-0.3, -0.25) is 9.20 Å². The van der Waals surface area contributed by atoms with Gasteiger partial charge in [0.15, 0.2) is 0 Å². The summed E-state index contributed by atoms with van der Waals surface area (Å²) < 4.78 is 20.3. The number of hydrogen-bond acceptors (Lipinski definition) is 5. The number of halogens is 1. The number of amides is 1. The van der Waals surface area contributed by atoms with E-state index in [9.17, 15) is 9.18 Å². The Morgan fingerprint density at radius 1 is 1.37 bits per heavy atom. The Hall–Kier alpha value is -3.49. The fourth-order valence-corrected chi connectivity index (χ4v) is 3.13. The molecular weight excluding hydrogens is 351 g/mol. The van der Waals surface area contributed by atoms with Crippen molar-refractivity contribution in [2.24, 2.45) is 5.92 Å². The van der Waals surface area contributed by atoms with Gasteiger partial charge in [0.05, 0.1) is 18.6 Å². The van der Waals surface area contributed by atoms with Crippen LogP contribution in [0.3, 0.4) is 0 Å². The van der Waals surface area contributed by atoms with Crippen molar-refractivity contribution >= 4 is 28.5 Å². The number of anilines is 1. The van der Waals surface area contributed by atoms with Gasteiger partial charge >= 0.3 is 0 Å². The molecule has 0 spiro atoms. The van der Waals surface area contributed by atoms with E-state index in [1.165, 1.54) is 0 Å². The van der Waals surface area contributed by atoms with Gasteiger partial charge in [-0.25, -0.2) is 14.4 Å². The molecule has 1 aliphatic carbocycles. The number of aromatic amines is 1. The quantitative estimate of drug-likeness (QED) is 0.579. The van der Waals surface area contributed by atoms with E-state index in [4.69, 9.17) is 4.74 Å². The fourth-order valence-electron chi connectivity index (χ4n) is 3.13. The van der Waals surface area contributed by atoms with Crippen molar-refractivity contribution in [2.75, 3.05) is 12.4 Å². The second-order valence-corrected chi connectivity index (χ2v) is 6.44. The van der Waals surface area contributed by atoms with Crippen LogP contribution in [0.4, 0.5) is 10.2 Å². The number of aromatic nitrogens is 5. The number of ether oxygens (including phenoxy) is 1. The standard InChI is InChI=1S/C18H15FN6O2/c1-27-17-12(8-25-5-4-20-18(25)24-17)11-7-21-15-9(11)2-3-14(22-15)23-16(26)10-6-13(10)19/h2-5,7-8,10,13H,6H2,1H3,(H2,21,22,23,26). The van der Waals surface area contributed by atoms with Crippen LogP contribution in [0.5, 0.6) is 5.88 Å². The summed E-state index contributed by atoms with van der Waals surface area (Å²) in [5, 5.41) is 3.51. The van der Waals surface area contributed by atoms with Crippen LogP contribution in [0.15, 0.2) is 36.9 Å². The van der Waals surface area contributed by atoms with Gasteiger partial charge < -0.3 is 15.0 Å². The molecule has 4 aromatic heterocycles. The van der Waals surface area contributed by atoms with Gasteiger partial charge in [-0.15, -0.1) is 0 Å². The molecule has 0 aliphatic heterocycles. The minimum atomic E-state index is -1.04. The summed E-state index contributed by atoms with van der Waals surface area (Å²) in [4.78, 5) is 28.0. The summed E-state index contributed by atoms with van der Waals surface area (Å²) in [6.07, 6.45) is 6.42.